The highest BCUT2D eigenvalue weighted by atomic mass is 16.5. The monoisotopic (exact) mass is 551 g/mol. The van der Waals surface area contributed by atoms with Crippen molar-refractivity contribution in [1.82, 2.24) is 4.90 Å². The minimum atomic E-state index is -0.653. The summed E-state index contributed by atoms with van der Waals surface area (Å²) in [5, 5.41) is 9.48. The van der Waals surface area contributed by atoms with Gasteiger partial charge in [0, 0.05) is 6.42 Å². The number of hydrogen-bond acceptors (Lipinski definition) is 4. The Morgan fingerprint density at radius 1 is 0.692 bits per heavy atom. The maximum atomic E-state index is 12.4. The molecule has 230 valence electrons. The summed E-state index contributed by atoms with van der Waals surface area (Å²) < 4.78 is 5.92. The van der Waals surface area contributed by atoms with Crippen LogP contribution in [0.4, 0.5) is 0 Å². The highest BCUT2D eigenvalue weighted by molar-refractivity contribution is 5.70. The molecular formula is C34H65NO4. The van der Waals surface area contributed by atoms with E-state index in [0.29, 0.717) is 12.8 Å². The van der Waals surface area contributed by atoms with Crippen molar-refractivity contribution in [2.24, 2.45) is 5.92 Å². The van der Waals surface area contributed by atoms with Crippen LogP contribution in [-0.2, 0) is 14.3 Å². The molecule has 0 heterocycles. The molecular weight excluding hydrogens is 486 g/mol. The predicted molar refractivity (Wildman–Crippen MR) is 166 cm³/mol. The molecule has 0 aromatic heterocycles. The van der Waals surface area contributed by atoms with Gasteiger partial charge in [-0.1, -0.05) is 116 Å². The minimum Gasteiger partial charge on any atom is -0.481 e. The zero-order valence-electron chi connectivity index (χ0n) is 26.4. The Labute approximate surface area is 242 Å². The number of aliphatic carboxylic acids is 1. The summed E-state index contributed by atoms with van der Waals surface area (Å²) in [7, 11) is 4.07. The molecule has 0 bridgehead atoms. The van der Waals surface area contributed by atoms with Crippen LogP contribution in [0, 0.1) is 5.92 Å². The van der Waals surface area contributed by atoms with Crippen molar-refractivity contribution in [3.63, 3.8) is 0 Å². The van der Waals surface area contributed by atoms with Gasteiger partial charge in [-0.2, -0.15) is 0 Å². The molecule has 0 aliphatic rings. The number of hydrogen-bond donors (Lipinski definition) is 1. The van der Waals surface area contributed by atoms with Gasteiger partial charge in [0.15, 0.2) is 0 Å². The van der Waals surface area contributed by atoms with Crippen molar-refractivity contribution in [1.29, 1.82) is 0 Å². The lowest BCUT2D eigenvalue weighted by Crippen LogP contribution is -2.20. The third kappa shape index (κ3) is 26.6. The first-order valence-electron chi connectivity index (χ1n) is 16.6. The molecule has 2 atom stereocenters. The second-order valence-corrected chi connectivity index (χ2v) is 11.9. The lowest BCUT2D eigenvalue weighted by Gasteiger charge is -2.18. The van der Waals surface area contributed by atoms with E-state index >= 15 is 0 Å². The van der Waals surface area contributed by atoms with Gasteiger partial charge in [0.05, 0.1) is 5.92 Å². The predicted octanol–water partition coefficient (Wildman–Crippen LogP) is 9.73. The summed E-state index contributed by atoms with van der Waals surface area (Å²) in [6, 6.07) is 0. The summed E-state index contributed by atoms with van der Waals surface area (Å²) in [6.07, 6.45) is 29.6. The number of ether oxygens (including phenoxy) is 1. The number of carbonyl (C=O) groups excluding carboxylic acids is 1. The fourth-order valence-electron chi connectivity index (χ4n) is 5.06. The molecule has 0 rings (SSSR count). The van der Waals surface area contributed by atoms with Crippen LogP contribution in [-0.4, -0.2) is 48.7 Å². The maximum absolute atomic E-state index is 12.4. The highest BCUT2D eigenvalue weighted by Gasteiger charge is 2.16. The Morgan fingerprint density at radius 3 is 1.72 bits per heavy atom. The van der Waals surface area contributed by atoms with E-state index < -0.39 is 5.97 Å². The van der Waals surface area contributed by atoms with E-state index in [0.717, 1.165) is 64.3 Å². The third-order valence-electron chi connectivity index (χ3n) is 7.65. The van der Waals surface area contributed by atoms with Gasteiger partial charge in [0.1, 0.15) is 6.10 Å². The topological polar surface area (TPSA) is 66.8 Å². The minimum absolute atomic E-state index is 0.0269. The molecule has 5 heteroatoms. The quantitative estimate of drug-likeness (QED) is 0.0569. The fourth-order valence-corrected chi connectivity index (χ4v) is 5.06. The number of carbonyl (C=O) groups is 2. The molecule has 0 amide bonds. The van der Waals surface area contributed by atoms with Crippen LogP contribution in [0.2, 0.25) is 0 Å². The van der Waals surface area contributed by atoms with E-state index in [1.165, 1.54) is 77.0 Å². The fraction of sp³-hybridized carbons (Fsp3) is 0.882. The number of unbranched alkanes of at least 4 members (excludes halogenated alkanes) is 14. The Hall–Kier alpha value is -1.36. The molecule has 0 radical (unpaired) electrons. The van der Waals surface area contributed by atoms with Crippen LogP contribution in [0.15, 0.2) is 12.2 Å². The maximum Gasteiger partial charge on any atom is 0.306 e. The average molecular weight is 552 g/mol. The van der Waals surface area contributed by atoms with Crippen molar-refractivity contribution >= 4 is 11.9 Å². The molecule has 0 spiro atoms. The van der Waals surface area contributed by atoms with Crippen molar-refractivity contribution in [3.8, 4) is 0 Å². The molecule has 0 aromatic rings. The lowest BCUT2D eigenvalue weighted by atomic mass is 9.96. The first kappa shape index (κ1) is 37.6. The number of esters is 1. The van der Waals surface area contributed by atoms with Gasteiger partial charge >= 0.3 is 11.9 Å². The van der Waals surface area contributed by atoms with Crippen LogP contribution in [0.3, 0.4) is 0 Å². The molecule has 0 saturated heterocycles. The van der Waals surface area contributed by atoms with Gasteiger partial charge < -0.3 is 14.7 Å². The van der Waals surface area contributed by atoms with Gasteiger partial charge in [0.25, 0.3) is 0 Å². The van der Waals surface area contributed by atoms with E-state index in [4.69, 9.17) is 4.74 Å². The molecule has 2 unspecified atom stereocenters. The summed E-state index contributed by atoms with van der Waals surface area (Å²) in [6.45, 7) is 5.35. The lowest BCUT2D eigenvalue weighted by molar-refractivity contribution is -0.150. The molecule has 0 fully saturated rings. The van der Waals surface area contributed by atoms with Gasteiger partial charge in [-0.05, 0) is 72.0 Å². The van der Waals surface area contributed by atoms with Crippen LogP contribution in [0.5, 0.6) is 0 Å². The molecule has 5 nitrogen and oxygen atoms in total. The highest BCUT2D eigenvalue weighted by Crippen LogP contribution is 2.19. The molecule has 39 heavy (non-hydrogen) atoms. The van der Waals surface area contributed by atoms with Crippen molar-refractivity contribution in [2.45, 2.75) is 168 Å². The standard InChI is InChI=1S/C34H65NO4/c1-5-7-9-11-13-18-22-27-32(39-33(36)29-24-30-35(3)4)28-23-19-15-12-14-17-21-26-31(34(37)38)25-20-16-10-8-6-2/h16,20,31-32H,5-15,17-19,21-30H2,1-4H3,(H,37,38)/b20-16+. The van der Waals surface area contributed by atoms with Gasteiger partial charge in [-0.15, -0.1) is 0 Å². The Morgan fingerprint density at radius 2 is 1.21 bits per heavy atom. The first-order valence-corrected chi connectivity index (χ1v) is 16.6. The van der Waals surface area contributed by atoms with Gasteiger partial charge in [0.2, 0.25) is 0 Å². The SMILES string of the molecule is CCCC/C=C/CC(CCCCCCCCCC(CCCCCCCCC)OC(=O)CCCN(C)C)C(=O)O. The molecule has 0 aliphatic carbocycles. The van der Waals surface area contributed by atoms with E-state index in [1.54, 1.807) is 0 Å². The Bertz CT molecular complexity index is 590. The number of carboxylic acid groups (broad SMARTS) is 1. The van der Waals surface area contributed by atoms with Gasteiger partial charge in [-0.3, -0.25) is 9.59 Å². The van der Waals surface area contributed by atoms with Crippen molar-refractivity contribution < 1.29 is 19.4 Å². The number of allylic oxidation sites excluding steroid dienone is 2. The van der Waals surface area contributed by atoms with Crippen LogP contribution in [0.25, 0.3) is 0 Å². The van der Waals surface area contributed by atoms with Crippen LogP contribution < -0.4 is 0 Å². The van der Waals surface area contributed by atoms with Gasteiger partial charge in [-0.25, -0.2) is 0 Å². The summed E-state index contributed by atoms with van der Waals surface area (Å²) >= 11 is 0. The second-order valence-electron chi connectivity index (χ2n) is 11.9. The zero-order valence-corrected chi connectivity index (χ0v) is 26.4. The van der Waals surface area contributed by atoms with Crippen molar-refractivity contribution in [2.75, 3.05) is 20.6 Å². The second kappa shape index (κ2) is 28.2. The Balaban J connectivity index is 4.12. The summed E-state index contributed by atoms with van der Waals surface area (Å²) in [5.74, 6) is -0.915. The number of nitrogens with zero attached hydrogens (tertiary/aromatic N) is 1. The molecule has 0 aliphatic heterocycles. The number of rotatable bonds is 29. The molecule has 0 saturated carbocycles. The molecule has 1 N–H and O–H groups in total. The van der Waals surface area contributed by atoms with Crippen LogP contribution in [0.1, 0.15) is 162 Å². The first-order chi connectivity index (χ1) is 18.9. The smallest absolute Gasteiger partial charge is 0.306 e. The van der Waals surface area contributed by atoms with E-state index in [9.17, 15) is 14.7 Å². The third-order valence-corrected chi connectivity index (χ3v) is 7.65. The van der Waals surface area contributed by atoms with Crippen molar-refractivity contribution in [3.05, 3.63) is 12.2 Å². The zero-order chi connectivity index (χ0) is 29.0. The molecule has 0 aromatic carbocycles. The largest absolute Gasteiger partial charge is 0.481 e. The number of carboxylic acids is 1. The van der Waals surface area contributed by atoms with E-state index in [1.807, 2.05) is 14.1 Å². The average Bonchev–Trinajstić information content (AvgIpc) is 2.89. The van der Waals surface area contributed by atoms with E-state index in [2.05, 4.69) is 30.9 Å². The Kier molecular flexibility index (Phi) is 27.2. The van der Waals surface area contributed by atoms with Crippen LogP contribution >= 0.6 is 0 Å². The normalized spacial score (nSPS) is 13.3. The summed E-state index contributed by atoms with van der Waals surface area (Å²) in [4.78, 5) is 26.0. The van der Waals surface area contributed by atoms with E-state index in [-0.39, 0.29) is 18.0 Å². The summed E-state index contributed by atoms with van der Waals surface area (Å²) in [5.41, 5.74) is 0.